The lowest BCUT2D eigenvalue weighted by Gasteiger charge is -2.37. The van der Waals surface area contributed by atoms with Gasteiger partial charge in [-0.05, 0) is 45.4 Å². The van der Waals surface area contributed by atoms with E-state index in [9.17, 15) is 13.2 Å². The van der Waals surface area contributed by atoms with Gasteiger partial charge in [-0.1, -0.05) is 18.2 Å². The molecule has 5 rings (SSSR count). The second-order valence-corrected chi connectivity index (χ2v) is 11.5. The smallest absolute Gasteiger partial charge is 0.410 e. The van der Waals surface area contributed by atoms with E-state index in [1.165, 1.54) is 0 Å². The molecule has 4 heterocycles. The van der Waals surface area contributed by atoms with E-state index in [2.05, 4.69) is 15.0 Å². The molecule has 1 N–H and O–H groups in total. The van der Waals surface area contributed by atoms with Gasteiger partial charge in [-0.25, -0.2) is 27.9 Å². The Morgan fingerprint density at radius 2 is 1.80 bits per heavy atom. The monoisotopic (exact) mass is 496 g/mol. The number of hydrogen-bond donors (Lipinski definition) is 1. The molecule has 0 atom stereocenters. The quantitative estimate of drug-likeness (QED) is 0.463. The zero-order valence-electron chi connectivity index (χ0n) is 20.1. The van der Waals surface area contributed by atoms with Crippen LogP contribution < -0.4 is 5.01 Å². The van der Waals surface area contributed by atoms with Crippen LogP contribution in [0.4, 0.5) is 4.79 Å². The first-order valence-corrected chi connectivity index (χ1v) is 12.9. The molecule has 0 aliphatic carbocycles. The van der Waals surface area contributed by atoms with E-state index in [1.807, 2.05) is 36.5 Å². The third-order valence-electron chi connectivity index (χ3n) is 6.00. The normalized spacial score (nSPS) is 15.2. The van der Waals surface area contributed by atoms with E-state index >= 15 is 0 Å². The van der Waals surface area contributed by atoms with Crippen LogP contribution >= 0.6 is 0 Å². The number of rotatable bonds is 3. The number of nitrogens with one attached hydrogen (secondary N) is 1. The fourth-order valence-corrected chi connectivity index (χ4v) is 5.90. The molecule has 0 radical (unpaired) electrons. The number of sulfone groups is 1. The Labute approximate surface area is 203 Å². The predicted molar refractivity (Wildman–Crippen MR) is 132 cm³/mol. The molecule has 11 heteroatoms. The van der Waals surface area contributed by atoms with Crippen molar-refractivity contribution in [2.45, 2.75) is 43.2 Å². The van der Waals surface area contributed by atoms with Gasteiger partial charge in [-0.3, -0.25) is 0 Å². The summed E-state index contributed by atoms with van der Waals surface area (Å²) in [5.41, 5.74) is 1.54. The Morgan fingerprint density at radius 3 is 2.49 bits per heavy atom. The van der Waals surface area contributed by atoms with Gasteiger partial charge in [0.1, 0.15) is 28.6 Å². The Balaban J connectivity index is 1.54. The minimum absolute atomic E-state index is 0.0807. The number of aromatic nitrogens is 4. The molecule has 1 amide bonds. The molecule has 0 unspecified atom stereocenters. The molecule has 1 aliphatic rings. The van der Waals surface area contributed by atoms with E-state index < -0.39 is 15.4 Å². The molecule has 4 aromatic rings. The fourth-order valence-electron chi connectivity index (χ4n) is 4.33. The van der Waals surface area contributed by atoms with Crippen molar-refractivity contribution in [3.8, 4) is 0 Å². The first-order valence-electron chi connectivity index (χ1n) is 11.4. The summed E-state index contributed by atoms with van der Waals surface area (Å²) in [6.07, 6.45) is 3.02. The number of hydrogen-bond acceptors (Lipinski definition) is 7. The molecule has 1 saturated heterocycles. The third kappa shape index (κ3) is 4.09. The summed E-state index contributed by atoms with van der Waals surface area (Å²) in [7, 11) is -3.92. The number of imidazole rings is 1. The summed E-state index contributed by atoms with van der Waals surface area (Å²) in [4.78, 5) is 26.4. The maximum Gasteiger partial charge on any atom is 0.410 e. The molecule has 0 saturated carbocycles. The Hall–Kier alpha value is -3.60. The zero-order valence-corrected chi connectivity index (χ0v) is 21.0. The second-order valence-electron chi connectivity index (χ2n) is 9.63. The van der Waals surface area contributed by atoms with Gasteiger partial charge >= 0.3 is 6.09 Å². The van der Waals surface area contributed by atoms with Crippen molar-refractivity contribution in [1.82, 2.24) is 24.5 Å². The number of aromatic amines is 1. The summed E-state index contributed by atoms with van der Waals surface area (Å²) < 4.78 is 34.7. The number of nitrogens with zero attached hydrogens (tertiary/aromatic N) is 5. The van der Waals surface area contributed by atoms with Gasteiger partial charge in [-0.15, -0.1) is 0 Å². The van der Waals surface area contributed by atoms with Crippen LogP contribution in [0.2, 0.25) is 0 Å². The van der Waals surface area contributed by atoms with E-state index in [0.717, 1.165) is 5.39 Å². The van der Waals surface area contributed by atoms with Gasteiger partial charge < -0.3 is 19.6 Å². The Morgan fingerprint density at radius 1 is 1.09 bits per heavy atom. The number of amides is 1. The van der Waals surface area contributed by atoms with Crippen LogP contribution in [0.15, 0.2) is 52.8 Å². The summed E-state index contributed by atoms with van der Waals surface area (Å²) in [6.45, 7) is 9.33. The highest BCUT2D eigenvalue weighted by Gasteiger charge is 2.30. The average Bonchev–Trinajstić information content (AvgIpc) is 3.44. The number of carbonyl (C=O) groups excluding carboxylic acids is 1. The molecule has 1 aromatic carbocycles. The zero-order chi connectivity index (χ0) is 25.0. The first-order chi connectivity index (χ1) is 16.6. The molecule has 0 spiro atoms. The minimum Gasteiger partial charge on any atom is -0.444 e. The van der Waals surface area contributed by atoms with Gasteiger partial charge in [0.25, 0.3) is 0 Å². The molecule has 0 bridgehead atoms. The lowest BCUT2D eigenvalue weighted by Crippen LogP contribution is -2.53. The Bertz CT molecular complexity index is 1520. The number of pyridine rings is 1. The van der Waals surface area contributed by atoms with E-state index in [4.69, 9.17) is 4.74 Å². The van der Waals surface area contributed by atoms with Crippen LogP contribution in [-0.2, 0) is 14.6 Å². The van der Waals surface area contributed by atoms with Crippen molar-refractivity contribution in [1.29, 1.82) is 0 Å². The highest BCUT2D eigenvalue weighted by atomic mass is 32.2. The van der Waals surface area contributed by atoms with Gasteiger partial charge in [0.05, 0.1) is 18.0 Å². The van der Waals surface area contributed by atoms with Crippen LogP contribution in [0.25, 0.3) is 22.1 Å². The highest BCUT2D eigenvalue weighted by molar-refractivity contribution is 7.91. The summed E-state index contributed by atoms with van der Waals surface area (Å²) in [6, 6.07) is 8.72. The summed E-state index contributed by atoms with van der Waals surface area (Å²) in [5, 5.41) is 2.74. The fraction of sp³-hybridized carbons (Fsp3) is 0.375. The van der Waals surface area contributed by atoms with Crippen molar-refractivity contribution in [3.05, 3.63) is 48.4 Å². The number of ether oxygens (including phenoxy) is 1. The lowest BCUT2D eigenvalue weighted by molar-refractivity contribution is 0.0232. The first kappa shape index (κ1) is 23.2. The number of fused-ring (bicyclic) bond motifs is 3. The maximum absolute atomic E-state index is 13.7. The molecular weight excluding hydrogens is 468 g/mol. The third-order valence-corrected chi connectivity index (χ3v) is 7.83. The topological polar surface area (TPSA) is 113 Å². The number of carbonyl (C=O) groups is 1. The standard InChI is InChI=1S/C24H28N6O4S/c1-16-7-5-6-8-18(16)35(32,33)22-19-20(17-9-10-25-21(17)27-22)30(15-26-19)29-13-11-28(12-14-29)23(31)34-24(2,3)4/h5-10,15H,11-14H2,1-4H3,(H,25,27). The van der Waals surface area contributed by atoms with Gasteiger partial charge in [0.15, 0.2) is 5.03 Å². The number of piperazine rings is 1. The Kier molecular flexibility index (Phi) is 5.47. The summed E-state index contributed by atoms with van der Waals surface area (Å²) in [5.74, 6) is 0. The van der Waals surface area contributed by atoms with Crippen molar-refractivity contribution >= 4 is 38.0 Å². The minimum atomic E-state index is -3.92. The van der Waals surface area contributed by atoms with Gasteiger partial charge in [-0.2, -0.15) is 0 Å². The molecule has 10 nitrogen and oxygen atoms in total. The largest absolute Gasteiger partial charge is 0.444 e. The van der Waals surface area contributed by atoms with E-state index in [-0.39, 0.29) is 16.0 Å². The van der Waals surface area contributed by atoms with Crippen molar-refractivity contribution < 1.29 is 17.9 Å². The highest BCUT2D eigenvalue weighted by Crippen LogP contribution is 2.32. The predicted octanol–water partition coefficient (Wildman–Crippen LogP) is 3.24. The second kappa shape index (κ2) is 8.26. The van der Waals surface area contributed by atoms with Gasteiger partial charge in [0.2, 0.25) is 9.84 Å². The molecule has 1 fully saturated rings. The lowest BCUT2D eigenvalue weighted by atomic mass is 10.2. The molecule has 184 valence electrons. The van der Waals surface area contributed by atoms with Crippen LogP contribution in [-0.4, -0.2) is 70.8 Å². The van der Waals surface area contributed by atoms with Crippen LogP contribution in [0.3, 0.4) is 0 Å². The average molecular weight is 497 g/mol. The SMILES string of the molecule is Cc1ccccc1S(=O)(=O)c1nc2[nH]ccc2c2c1ncn2N1CCN(C(=O)OC(C)(C)C)CC1. The van der Waals surface area contributed by atoms with Crippen molar-refractivity contribution in [2.75, 3.05) is 31.2 Å². The van der Waals surface area contributed by atoms with E-state index in [0.29, 0.717) is 48.4 Å². The molecular formula is C24H28N6O4S. The maximum atomic E-state index is 13.7. The molecule has 35 heavy (non-hydrogen) atoms. The molecule has 3 aromatic heterocycles. The summed E-state index contributed by atoms with van der Waals surface area (Å²) >= 11 is 0. The van der Waals surface area contributed by atoms with Crippen molar-refractivity contribution in [2.24, 2.45) is 0 Å². The number of aryl methyl sites for hydroxylation is 1. The van der Waals surface area contributed by atoms with E-state index in [1.54, 1.807) is 48.6 Å². The van der Waals surface area contributed by atoms with Crippen molar-refractivity contribution in [3.63, 3.8) is 0 Å². The number of benzene rings is 1. The number of H-pyrrole nitrogens is 1. The van der Waals surface area contributed by atoms with Crippen LogP contribution in [0.1, 0.15) is 26.3 Å². The molecule has 1 aliphatic heterocycles. The van der Waals surface area contributed by atoms with Crippen LogP contribution in [0.5, 0.6) is 0 Å². The van der Waals surface area contributed by atoms with Crippen LogP contribution in [0, 0.1) is 6.92 Å². The van der Waals surface area contributed by atoms with Gasteiger partial charge in [0, 0.05) is 24.7 Å².